The highest BCUT2D eigenvalue weighted by atomic mass is 16.5. The number of anilines is 1. The summed E-state index contributed by atoms with van der Waals surface area (Å²) in [5.74, 6) is -1.48. The Bertz CT molecular complexity index is 828. The van der Waals surface area contributed by atoms with Gasteiger partial charge in [-0.1, -0.05) is 18.9 Å². The molecule has 8 heteroatoms. The monoisotopic (exact) mass is 416 g/mol. The van der Waals surface area contributed by atoms with Gasteiger partial charge in [0, 0.05) is 6.54 Å². The van der Waals surface area contributed by atoms with E-state index >= 15 is 0 Å². The van der Waals surface area contributed by atoms with Crippen molar-refractivity contribution < 1.29 is 28.7 Å². The van der Waals surface area contributed by atoms with E-state index in [0.717, 1.165) is 31.2 Å². The fourth-order valence-corrected chi connectivity index (χ4v) is 4.12. The molecule has 1 N–H and O–H groups in total. The number of imide groups is 1. The summed E-state index contributed by atoms with van der Waals surface area (Å²) in [5, 5.41) is 2.69. The van der Waals surface area contributed by atoms with Gasteiger partial charge >= 0.3 is 5.97 Å². The first kappa shape index (κ1) is 21.8. The van der Waals surface area contributed by atoms with E-state index in [1.54, 1.807) is 12.1 Å². The van der Waals surface area contributed by atoms with Crippen LogP contribution in [0.2, 0.25) is 0 Å². The molecule has 1 heterocycles. The van der Waals surface area contributed by atoms with Gasteiger partial charge in [-0.3, -0.25) is 24.1 Å². The van der Waals surface area contributed by atoms with Crippen LogP contribution in [0.3, 0.4) is 0 Å². The highest BCUT2D eigenvalue weighted by Gasteiger charge is 2.47. The molecule has 3 atom stereocenters. The number of likely N-dealkylation sites (tertiary alicyclic amines) is 1. The summed E-state index contributed by atoms with van der Waals surface area (Å²) in [7, 11) is 1.50. The Kier molecular flexibility index (Phi) is 6.74. The summed E-state index contributed by atoms with van der Waals surface area (Å²) in [6.45, 7) is 3.34. The zero-order valence-electron chi connectivity index (χ0n) is 17.6. The van der Waals surface area contributed by atoms with E-state index in [1.807, 2.05) is 13.0 Å². The van der Waals surface area contributed by atoms with Crippen molar-refractivity contribution in [3.05, 3.63) is 23.8 Å². The highest BCUT2D eigenvalue weighted by molar-refractivity contribution is 6.05. The molecular formula is C22H28N2O6. The van der Waals surface area contributed by atoms with E-state index in [1.165, 1.54) is 18.9 Å². The number of methoxy groups -OCH3 is 1. The van der Waals surface area contributed by atoms with Crippen molar-refractivity contribution in [3.63, 3.8) is 0 Å². The Morgan fingerprint density at radius 1 is 1.17 bits per heavy atom. The van der Waals surface area contributed by atoms with Crippen LogP contribution in [0.25, 0.3) is 0 Å². The predicted molar refractivity (Wildman–Crippen MR) is 109 cm³/mol. The van der Waals surface area contributed by atoms with E-state index in [-0.39, 0.29) is 36.6 Å². The Hall–Kier alpha value is -2.90. The number of ether oxygens (including phenoxy) is 2. The lowest BCUT2D eigenvalue weighted by atomic mass is 9.81. The van der Waals surface area contributed by atoms with Crippen LogP contribution in [0.1, 0.15) is 44.6 Å². The molecule has 0 radical (unpaired) electrons. The van der Waals surface area contributed by atoms with Crippen LogP contribution in [0.5, 0.6) is 5.75 Å². The first-order chi connectivity index (χ1) is 14.3. The van der Waals surface area contributed by atoms with E-state index in [0.29, 0.717) is 11.4 Å². The number of esters is 1. The molecule has 0 bridgehead atoms. The van der Waals surface area contributed by atoms with Gasteiger partial charge in [-0.05, 0) is 44.4 Å². The lowest BCUT2D eigenvalue weighted by Crippen LogP contribution is -2.35. The molecule has 1 aliphatic heterocycles. The van der Waals surface area contributed by atoms with Gasteiger partial charge in [0.2, 0.25) is 11.8 Å². The summed E-state index contributed by atoms with van der Waals surface area (Å²) in [6.07, 6.45) is 2.20. The number of amides is 3. The van der Waals surface area contributed by atoms with E-state index in [4.69, 9.17) is 9.47 Å². The number of aryl methyl sites for hydroxylation is 1. The zero-order chi connectivity index (χ0) is 21.8. The number of fused-ring (bicyclic) bond motifs is 1. The highest BCUT2D eigenvalue weighted by Crippen LogP contribution is 2.38. The van der Waals surface area contributed by atoms with Crippen molar-refractivity contribution in [2.24, 2.45) is 11.8 Å². The maximum Gasteiger partial charge on any atom is 0.308 e. The van der Waals surface area contributed by atoms with Crippen LogP contribution in [-0.2, 0) is 23.9 Å². The molecule has 0 unspecified atom stereocenters. The normalized spacial score (nSPS) is 21.8. The van der Waals surface area contributed by atoms with Gasteiger partial charge in [0.1, 0.15) is 5.75 Å². The number of carbonyl (C=O) groups is 4. The smallest absolute Gasteiger partial charge is 0.308 e. The second-order valence-electron chi connectivity index (χ2n) is 7.90. The fourth-order valence-electron chi connectivity index (χ4n) is 4.12. The molecule has 1 saturated heterocycles. The molecule has 2 aliphatic rings. The van der Waals surface area contributed by atoms with Crippen LogP contribution in [0.4, 0.5) is 5.69 Å². The van der Waals surface area contributed by atoms with Crippen molar-refractivity contribution in [3.8, 4) is 5.75 Å². The first-order valence-corrected chi connectivity index (χ1v) is 10.3. The summed E-state index contributed by atoms with van der Waals surface area (Å²) >= 11 is 0. The number of hydrogen-bond donors (Lipinski definition) is 1. The molecule has 1 saturated carbocycles. The molecule has 1 aliphatic carbocycles. The van der Waals surface area contributed by atoms with Crippen molar-refractivity contribution in [2.45, 2.75) is 52.1 Å². The number of rotatable bonds is 7. The van der Waals surface area contributed by atoms with Crippen molar-refractivity contribution in [2.75, 3.05) is 19.0 Å². The Morgan fingerprint density at radius 3 is 2.40 bits per heavy atom. The predicted octanol–water partition coefficient (Wildman–Crippen LogP) is 2.44. The summed E-state index contributed by atoms with van der Waals surface area (Å²) in [4.78, 5) is 50.7. The number of benzene rings is 1. The van der Waals surface area contributed by atoms with Gasteiger partial charge in [-0.25, -0.2) is 0 Å². The van der Waals surface area contributed by atoms with Crippen LogP contribution < -0.4 is 10.1 Å². The van der Waals surface area contributed by atoms with Crippen LogP contribution in [0, 0.1) is 18.8 Å². The number of nitrogens with zero attached hydrogens (tertiary/aromatic N) is 1. The molecule has 0 spiro atoms. The van der Waals surface area contributed by atoms with E-state index < -0.39 is 18.0 Å². The standard InChI is InChI=1S/C22H28N2O6/c1-13-8-9-18(29-3)17(12-13)23-20(26)14(2)30-19(25)10-11-24-21(27)15-6-4-5-7-16(15)22(24)28/h8-9,12,14-16H,4-7,10-11H2,1-3H3,(H,23,26)/t14-,15-,16+/m1/s1. The SMILES string of the molecule is COc1ccc(C)cc1NC(=O)[C@@H](C)OC(=O)CCN1C(=O)[C@H]2CCCC[C@H]2C1=O. The topological polar surface area (TPSA) is 102 Å². The average Bonchev–Trinajstić information content (AvgIpc) is 2.97. The summed E-state index contributed by atoms with van der Waals surface area (Å²) in [6, 6.07) is 5.35. The first-order valence-electron chi connectivity index (χ1n) is 10.3. The molecule has 3 amide bonds. The van der Waals surface area contributed by atoms with Crippen molar-refractivity contribution in [1.82, 2.24) is 4.90 Å². The number of hydrogen-bond acceptors (Lipinski definition) is 6. The van der Waals surface area contributed by atoms with Crippen molar-refractivity contribution >= 4 is 29.4 Å². The van der Waals surface area contributed by atoms with Crippen LogP contribution >= 0.6 is 0 Å². The van der Waals surface area contributed by atoms with Crippen LogP contribution in [0.15, 0.2) is 18.2 Å². The number of nitrogens with one attached hydrogen (secondary N) is 1. The molecule has 1 aromatic carbocycles. The Morgan fingerprint density at radius 2 is 1.80 bits per heavy atom. The third-order valence-corrected chi connectivity index (χ3v) is 5.76. The Balaban J connectivity index is 1.51. The molecular weight excluding hydrogens is 388 g/mol. The minimum absolute atomic E-state index is 0.0104. The molecule has 2 fully saturated rings. The van der Waals surface area contributed by atoms with Gasteiger partial charge in [-0.2, -0.15) is 0 Å². The zero-order valence-corrected chi connectivity index (χ0v) is 17.6. The second-order valence-corrected chi connectivity index (χ2v) is 7.90. The van der Waals surface area contributed by atoms with Gasteiger partial charge in [-0.15, -0.1) is 0 Å². The summed E-state index contributed by atoms with van der Waals surface area (Å²) in [5.41, 5.74) is 1.43. The third-order valence-electron chi connectivity index (χ3n) is 5.76. The van der Waals surface area contributed by atoms with Crippen molar-refractivity contribution in [1.29, 1.82) is 0 Å². The van der Waals surface area contributed by atoms with E-state index in [9.17, 15) is 19.2 Å². The van der Waals surface area contributed by atoms with Gasteiger partial charge in [0.05, 0.1) is 31.1 Å². The molecule has 162 valence electrons. The lowest BCUT2D eigenvalue weighted by Gasteiger charge is -2.19. The minimum Gasteiger partial charge on any atom is -0.495 e. The molecule has 3 rings (SSSR count). The summed E-state index contributed by atoms with van der Waals surface area (Å²) < 4.78 is 10.4. The quantitative estimate of drug-likeness (QED) is 0.541. The lowest BCUT2D eigenvalue weighted by molar-refractivity contribution is -0.154. The van der Waals surface area contributed by atoms with Gasteiger partial charge < -0.3 is 14.8 Å². The molecule has 1 aromatic rings. The van der Waals surface area contributed by atoms with Gasteiger partial charge in [0.25, 0.3) is 5.91 Å². The maximum atomic E-state index is 12.5. The fraction of sp³-hybridized carbons (Fsp3) is 0.545. The molecule has 8 nitrogen and oxygen atoms in total. The largest absolute Gasteiger partial charge is 0.495 e. The molecule has 0 aromatic heterocycles. The van der Waals surface area contributed by atoms with Crippen LogP contribution in [-0.4, -0.2) is 48.3 Å². The number of carbonyl (C=O) groups excluding carboxylic acids is 4. The minimum atomic E-state index is -1.03. The average molecular weight is 416 g/mol. The van der Waals surface area contributed by atoms with E-state index in [2.05, 4.69) is 5.32 Å². The van der Waals surface area contributed by atoms with Gasteiger partial charge in [0.15, 0.2) is 6.10 Å². The maximum absolute atomic E-state index is 12.5. The second kappa shape index (κ2) is 9.28. The molecule has 30 heavy (non-hydrogen) atoms. The third kappa shape index (κ3) is 4.63. The Labute approximate surface area is 175 Å².